The fourth-order valence-corrected chi connectivity index (χ4v) is 3.76. The average Bonchev–Trinajstić information content (AvgIpc) is 2.74. The summed E-state index contributed by atoms with van der Waals surface area (Å²) in [6, 6.07) is 5.82. The number of aryl methyl sites for hydroxylation is 1. The van der Waals surface area contributed by atoms with E-state index in [9.17, 15) is 8.99 Å². The second-order valence-corrected chi connectivity index (χ2v) is 8.42. The molecule has 1 N–H and O–H groups in total. The molecule has 1 fully saturated rings. The Kier molecular flexibility index (Phi) is 9.43. The van der Waals surface area contributed by atoms with Gasteiger partial charge in [0, 0.05) is 25.6 Å². The molecule has 0 spiro atoms. The molecule has 1 heterocycles. The molecule has 1 unspecified atom stereocenters. The summed E-state index contributed by atoms with van der Waals surface area (Å²) >= 11 is -0.188. The molecular weight excluding hydrogens is 400 g/mol. The van der Waals surface area contributed by atoms with Gasteiger partial charge in [0.05, 0.1) is 29.8 Å². The van der Waals surface area contributed by atoms with Gasteiger partial charge in [-0.25, -0.2) is 9.98 Å². The third-order valence-electron chi connectivity index (χ3n) is 5.19. The smallest absolute Gasteiger partial charge is 0.132 e. The lowest BCUT2D eigenvalue weighted by Gasteiger charge is -2.35. The van der Waals surface area contributed by atoms with Gasteiger partial charge in [-0.15, -0.1) is 0 Å². The maximum Gasteiger partial charge on any atom is 0.132 e. The fraction of sp³-hybridized carbons (Fsp3) is 0.545. The van der Waals surface area contributed by atoms with Gasteiger partial charge < -0.3 is 14.7 Å². The predicted molar refractivity (Wildman–Crippen MR) is 126 cm³/mol. The van der Waals surface area contributed by atoms with Gasteiger partial charge in [0.15, 0.2) is 0 Å². The minimum absolute atomic E-state index is 0.185. The van der Waals surface area contributed by atoms with Crippen molar-refractivity contribution < 1.29 is 13.7 Å². The van der Waals surface area contributed by atoms with E-state index in [1.54, 1.807) is 7.11 Å². The molecule has 8 heteroatoms. The molecule has 1 aliphatic rings. The Morgan fingerprint density at radius 1 is 1.43 bits per heavy atom. The number of benzene rings is 1. The van der Waals surface area contributed by atoms with Gasteiger partial charge in [0.2, 0.25) is 0 Å². The number of ether oxygens (including phenoxy) is 1. The highest BCUT2D eigenvalue weighted by molar-refractivity contribution is 7.96. The third kappa shape index (κ3) is 7.16. The predicted octanol–water partition coefficient (Wildman–Crippen LogP) is 4.95. The number of allylic oxidation sites excluding steroid dienone is 1. The summed E-state index contributed by atoms with van der Waals surface area (Å²) < 4.78 is 18.1. The van der Waals surface area contributed by atoms with Crippen LogP contribution in [0.3, 0.4) is 0 Å². The van der Waals surface area contributed by atoms with Gasteiger partial charge in [-0.05, 0) is 56.7 Å². The second-order valence-electron chi connectivity index (χ2n) is 7.56. The van der Waals surface area contributed by atoms with Gasteiger partial charge in [-0.2, -0.15) is 3.89 Å². The first-order chi connectivity index (χ1) is 14.3. The fourth-order valence-electron chi connectivity index (χ4n) is 3.46. The van der Waals surface area contributed by atoms with Crippen LogP contribution in [-0.4, -0.2) is 54.6 Å². The molecule has 1 saturated heterocycles. The van der Waals surface area contributed by atoms with Crippen molar-refractivity contribution in [3.63, 3.8) is 0 Å². The van der Waals surface area contributed by atoms with Gasteiger partial charge in [-0.3, -0.25) is 0 Å². The van der Waals surface area contributed by atoms with Gasteiger partial charge in [0.25, 0.3) is 0 Å². The Morgan fingerprint density at radius 3 is 2.70 bits per heavy atom. The summed E-state index contributed by atoms with van der Waals surface area (Å²) in [6.07, 6.45) is 6.54. The van der Waals surface area contributed by atoms with Crippen molar-refractivity contribution in [3.8, 4) is 5.75 Å². The van der Waals surface area contributed by atoms with E-state index in [1.807, 2.05) is 51.1 Å². The number of likely N-dealkylation sites (tertiary alicyclic amines) is 1. The SMILES string of the molecule is [B]C(O)(CC1CCN(C(/C=C\C)=NC(CC)=Nc2cc(OC)ccc2C)CC1)SF. The van der Waals surface area contributed by atoms with Crippen molar-refractivity contribution in [2.45, 2.75) is 51.3 Å². The van der Waals surface area contributed by atoms with E-state index in [1.165, 1.54) is 0 Å². The summed E-state index contributed by atoms with van der Waals surface area (Å²) in [7, 11) is 7.19. The molecule has 2 radical (unpaired) electrons. The van der Waals surface area contributed by atoms with E-state index in [4.69, 9.17) is 22.6 Å². The van der Waals surface area contributed by atoms with E-state index < -0.39 is 4.83 Å². The number of hydrogen-bond donors (Lipinski definition) is 1. The third-order valence-corrected chi connectivity index (χ3v) is 5.63. The van der Waals surface area contributed by atoms with Crippen LogP contribution in [0.2, 0.25) is 0 Å². The van der Waals surface area contributed by atoms with Gasteiger partial charge >= 0.3 is 0 Å². The Labute approximate surface area is 185 Å². The van der Waals surface area contributed by atoms with Crippen LogP contribution >= 0.6 is 12.1 Å². The van der Waals surface area contributed by atoms with Crippen molar-refractivity contribution >= 4 is 37.4 Å². The first-order valence-electron chi connectivity index (χ1n) is 10.3. The van der Waals surface area contributed by atoms with Crippen LogP contribution in [0.15, 0.2) is 40.3 Å². The summed E-state index contributed by atoms with van der Waals surface area (Å²) in [4.78, 5) is 10.0. The molecular formula is C22H31BFN3O2S. The van der Waals surface area contributed by atoms with E-state index in [0.29, 0.717) is 6.42 Å². The van der Waals surface area contributed by atoms with E-state index in [-0.39, 0.29) is 24.5 Å². The van der Waals surface area contributed by atoms with Crippen LogP contribution in [0.5, 0.6) is 5.75 Å². The molecule has 1 atom stereocenters. The summed E-state index contributed by atoms with van der Waals surface area (Å²) in [5, 5.41) is 9.78. The lowest BCUT2D eigenvalue weighted by molar-refractivity contribution is 0.154. The summed E-state index contributed by atoms with van der Waals surface area (Å²) in [6.45, 7) is 7.56. The zero-order chi connectivity index (χ0) is 22.1. The second kappa shape index (κ2) is 11.6. The standard InChI is InChI=1S/C22H31BFN3O2S/c1-5-7-21(27-12-10-17(11-13-27)15-22(23,28)30-24)26-20(6-2)25-19-14-18(29-4)9-8-16(19)3/h5,7-9,14,17,28H,6,10-13,15H2,1-4H3/b7-5-,25-20?,26-21?. The first-order valence-corrected chi connectivity index (χ1v) is 11.0. The van der Waals surface area contributed by atoms with Crippen LogP contribution in [0.1, 0.15) is 45.1 Å². The topological polar surface area (TPSA) is 57.4 Å². The quantitative estimate of drug-likeness (QED) is 0.287. The highest BCUT2D eigenvalue weighted by Crippen LogP contribution is 2.32. The minimum Gasteiger partial charge on any atom is -0.497 e. The molecule has 0 amide bonds. The number of amidine groups is 2. The lowest BCUT2D eigenvalue weighted by Crippen LogP contribution is -2.40. The van der Waals surface area contributed by atoms with E-state index in [0.717, 1.165) is 54.6 Å². The van der Waals surface area contributed by atoms with Gasteiger partial charge in [0.1, 0.15) is 25.3 Å². The zero-order valence-corrected chi connectivity index (χ0v) is 19.1. The molecule has 1 aromatic carbocycles. The van der Waals surface area contributed by atoms with Crippen molar-refractivity contribution in [2.75, 3.05) is 20.2 Å². The molecule has 0 bridgehead atoms. The molecule has 0 aromatic heterocycles. The first kappa shape index (κ1) is 24.5. The minimum atomic E-state index is -1.80. The van der Waals surface area contributed by atoms with Crippen molar-refractivity contribution in [3.05, 3.63) is 35.9 Å². The monoisotopic (exact) mass is 431 g/mol. The Balaban J connectivity index is 2.18. The van der Waals surface area contributed by atoms with Crippen LogP contribution in [0.4, 0.5) is 9.57 Å². The number of aliphatic imine (C=N–C) groups is 2. The van der Waals surface area contributed by atoms with Crippen LogP contribution < -0.4 is 4.74 Å². The molecule has 0 saturated carbocycles. The highest BCUT2D eigenvalue weighted by atomic mass is 32.2. The number of hydrogen-bond acceptors (Lipinski definition) is 4. The molecule has 30 heavy (non-hydrogen) atoms. The normalized spacial score (nSPS) is 18.7. The Hall–Kier alpha value is -1.80. The average molecular weight is 431 g/mol. The zero-order valence-electron chi connectivity index (χ0n) is 18.3. The molecule has 1 aromatic rings. The maximum atomic E-state index is 12.8. The highest BCUT2D eigenvalue weighted by Gasteiger charge is 2.29. The molecule has 5 nitrogen and oxygen atoms in total. The number of nitrogens with zero attached hydrogens (tertiary/aromatic N) is 3. The number of piperidine rings is 1. The van der Waals surface area contributed by atoms with Crippen LogP contribution in [0.25, 0.3) is 0 Å². The summed E-state index contributed by atoms with van der Waals surface area (Å²) in [5.41, 5.74) is 1.91. The van der Waals surface area contributed by atoms with Crippen molar-refractivity contribution in [1.29, 1.82) is 0 Å². The van der Waals surface area contributed by atoms with Crippen LogP contribution in [-0.2, 0) is 0 Å². The lowest BCUT2D eigenvalue weighted by atomic mass is 9.83. The van der Waals surface area contributed by atoms with Crippen molar-refractivity contribution in [1.82, 2.24) is 4.90 Å². The number of aliphatic hydroxyl groups is 1. The Bertz CT molecular complexity index is 791. The molecule has 1 aliphatic heterocycles. The number of methoxy groups -OCH3 is 1. The largest absolute Gasteiger partial charge is 0.497 e. The van der Waals surface area contributed by atoms with Gasteiger partial charge in [-0.1, -0.05) is 19.1 Å². The molecule has 2 rings (SSSR count). The summed E-state index contributed by atoms with van der Waals surface area (Å²) in [5.74, 6) is 2.55. The number of halogens is 1. The maximum absolute atomic E-state index is 12.8. The Morgan fingerprint density at radius 2 is 2.13 bits per heavy atom. The number of rotatable bonds is 7. The van der Waals surface area contributed by atoms with Crippen molar-refractivity contribution in [2.24, 2.45) is 15.9 Å². The van der Waals surface area contributed by atoms with E-state index >= 15 is 0 Å². The molecule has 162 valence electrons. The van der Waals surface area contributed by atoms with E-state index in [2.05, 4.69) is 4.90 Å². The van der Waals surface area contributed by atoms with Crippen LogP contribution in [0, 0.1) is 12.8 Å². The molecule has 0 aliphatic carbocycles.